The van der Waals surface area contributed by atoms with Crippen LogP contribution in [-0.4, -0.2) is 35.7 Å². The summed E-state index contributed by atoms with van der Waals surface area (Å²) in [5.74, 6) is -1.62. The molecule has 3 N–H and O–H groups in total. The van der Waals surface area contributed by atoms with Crippen molar-refractivity contribution in [2.24, 2.45) is 0 Å². The first kappa shape index (κ1) is 19.2. The maximum Gasteiger partial charge on any atom is 0.407 e. The van der Waals surface area contributed by atoms with E-state index in [1.54, 1.807) is 0 Å². The number of ether oxygens (including phenoxy) is 1. The van der Waals surface area contributed by atoms with E-state index in [2.05, 4.69) is 17.2 Å². The van der Waals surface area contributed by atoms with Gasteiger partial charge in [0.25, 0.3) is 0 Å². The number of unbranched alkanes of at least 4 members (excludes halogenated alkanes) is 1. The number of rotatable bonds is 10. The van der Waals surface area contributed by atoms with Gasteiger partial charge in [-0.3, -0.25) is 4.79 Å². The number of carbonyl (C=O) groups is 3. The van der Waals surface area contributed by atoms with Crippen molar-refractivity contribution in [3.8, 4) is 0 Å². The Hall–Kier alpha value is -2.83. The van der Waals surface area contributed by atoms with Crippen LogP contribution < -0.4 is 10.6 Å². The highest BCUT2D eigenvalue weighted by atomic mass is 16.5. The number of amides is 2. The Bertz CT molecular complexity index is 559. The van der Waals surface area contributed by atoms with Crippen molar-refractivity contribution in [2.75, 3.05) is 6.54 Å². The number of benzene rings is 1. The maximum atomic E-state index is 11.5. The third-order valence-corrected chi connectivity index (χ3v) is 3.20. The SMILES string of the molecule is C=CC(=O)N[C@@H](CCCCNC(=O)OCc1ccccc1)C(=O)O. The quantitative estimate of drug-likeness (QED) is 0.447. The second-order valence-electron chi connectivity index (χ2n) is 5.09. The smallest absolute Gasteiger partial charge is 0.407 e. The van der Waals surface area contributed by atoms with Gasteiger partial charge in [0.2, 0.25) is 5.91 Å². The van der Waals surface area contributed by atoms with E-state index in [9.17, 15) is 14.4 Å². The standard InChI is InChI=1S/C17H22N2O5/c1-2-15(20)19-14(16(21)22)10-6-7-11-18-17(23)24-12-13-8-4-3-5-9-13/h2-5,8-9,14H,1,6-7,10-12H2,(H,18,23)(H,19,20)(H,21,22)/t14-/m0/s1. The van der Waals surface area contributed by atoms with E-state index in [1.165, 1.54) is 0 Å². The van der Waals surface area contributed by atoms with Crippen molar-refractivity contribution in [3.63, 3.8) is 0 Å². The third kappa shape index (κ3) is 7.98. The zero-order valence-electron chi connectivity index (χ0n) is 13.4. The van der Waals surface area contributed by atoms with Gasteiger partial charge in [-0.15, -0.1) is 0 Å². The summed E-state index contributed by atoms with van der Waals surface area (Å²) in [6.07, 6.45) is 1.89. The third-order valence-electron chi connectivity index (χ3n) is 3.20. The number of carbonyl (C=O) groups excluding carboxylic acids is 2. The van der Waals surface area contributed by atoms with Gasteiger partial charge in [-0.2, -0.15) is 0 Å². The number of carboxylic acid groups (broad SMARTS) is 1. The summed E-state index contributed by atoms with van der Waals surface area (Å²) >= 11 is 0. The lowest BCUT2D eigenvalue weighted by molar-refractivity contribution is -0.141. The molecule has 0 radical (unpaired) electrons. The molecule has 1 atom stereocenters. The summed E-state index contributed by atoms with van der Waals surface area (Å²) in [4.78, 5) is 33.6. The topological polar surface area (TPSA) is 105 Å². The molecule has 7 heteroatoms. The number of nitrogens with one attached hydrogen (secondary N) is 2. The Morgan fingerprint density at radius 2 is 1.92 bits per heavy atom. The normalized spacial score (nSPS) is 11.2. The average Bonchev–Trinajstić information content (AvgIpc) is 2.59. The van der Waals surface area contributed by atoms with Gasteiger partial charge in [0.05, 0.1) is 0 Å². The molecule has 0 aliphatic rings. The van der Waals surface area contributed by atoms with E-state index in [0.29, 0.717) is 19.4 Å². The molecule has 0 aromatic heterocycles. The fourth-order valence-corrected chi connectivity index (χ4v) is 1.93. The minimum atomic E-state index is -1.10. The van der Waals surface area contributed by atoms with Gasteiger partial charge in [-0.25, -0.2) is 9.59 Å². The van der Waals surface area contributed by atoms with Gasteiger partial charge in [-0.1, -0.05) is 36.9 Å². The Morgan fingerprint density at radius 3 is 2.54 bits per heavy atom. The first-order valence-electron chi connectivity index (χ1n) is 7.63. The lowest BCUT2D eigenvalue weighted by Crippen LogP contribution is -2.40. The zero-order chi connectivity index (χ0) is 17.8. The summed E-state index contributed by atoms with van der Waals surface area (Å²) in [6.45, 7) is 3.84. The predicted molar refractivity (Wildman–Crippen MR) is 88.2 cm³/mol. The molecule has 2 amide bonds. The number of hydrogen-bond donors (Lipinski definition) is 3. The molecule has 0 aliphatic carbocycles. The Balaban J connectivity index is 2.15. The Morgan fingerprint density at radius 1 is 1.21 bits per heavy atom. The summed E-state index contributed by atoms with van der Waals surface area (Å²) in [6, 6.07) is 8.36. The molecule has 0 saturated carbocycles. The van der Waals surface area contributed by atoms with E-state index >= 15 is 0 Å². The highest BCUT2D eigenvalue weighted by molar-refractivity contribution is 5.90. The molecule has 130 valence electrons. The van der Waals surface area contributed by atoms with E-state index in [-0.39, 0.29) is 13.0 Å². The van der Waals surface area contributed by atoms with Crippen LogP contribution in [0.4, 0.5) is 4.79 Å². The second-order valence-corrected chi connectivity index (χ2v) is 5.09. The van der Waals surface area contributed by atoms with Gasteiger partial charge < -0.3 is 20.5 Å². The highest BCUT2D eigenvalue weighted by Gasteiger charge is 2.17. The van der Waals surface area contributed by atoms with Gasteiger partial charge in [-0.05, 0) is 30.9 Å². The average molecular weight is 334 g/mol. The first-order valence-corrected chi connectivity index (χ1v) is 7.63. The molecule has 1 rings (SSSR count). The van der Waals surface area contributed by atoms with Crippen LogP contribution in [0, 0.1) is 0 Å². The van der Waals surface area contributed by atoms with E-state index < -0.39 is 24.0 Å². The molecule has 0 bridgehead atoms. The van der Waals surface area contributed by atoms with Crippen LogP contribution in [0.5, 0.6) is 0 Å². The van der Waals surface area contributed by atoms with Crippen LogP contribution in [0.3, 0.4) is 0 Å². The van der Waals surface area contributed by atoms with Crippen molar-refractivity contribution in [1.29, 1.82) is 0 Å². The minimum Gasteiger partial charge on any atom is -0.480 e. The fourth-order valence-electron chi connectivity index (χ4n) is 1.93. The van der Waals surface area contributed by atoms with Crippen molar-refractivity contribution in [3.05, 3.63) is 48.6 Å². The summed E-state index contributed by atoms with van der Waals surface area (Å²) in [5.41, 5.74) is 0.898. The summed E-state index contributed by atoms with van der Waals surface area (Å²) in [7, 11) is 0. The summed E-state index contributed by atoms with van der Waals surface area (Å²) < 4.78 is 5.05. The van der Waals surface area contributed by atoms with Crippen LogP contribution in [-0.2, 0) is 20.9 Å². The highest BCUT2D eigenvalue weighted by Crippen LogP contribution is 2.02. The van der Waals surface area contributed by atoms with Crippen LogP contribution in [0.15, 0.2) is 43.0 Å². The molecule has 24 heavy (non-hydrogen) atoms. The minimum absolute atomic E-state index is 0.196. The largest absolute Gasteiger partial charge is 0.480 e. The number of hydrogen-bond acceptors (Lipinski definition) is 4. The molecular weight excluding hydrogens is 312 g/mol. The van der Waals surface area contributed by atoms with E-state index in [0.717, 1.165) is 11.6 Å². The number of carboxylic acids is 1. The second kappa shape index (κ2) is 10.8. The van der Waals surface area contributed by atoms with E-state index in [1.807, 2.05) is 30.3 Å². The monoisotopic (exact) mass is 334 g/mol. The maximum absolute atomic E-state index is 11.5. The lowest BCUT2D eigenvalue weighted by atomic mass is 10.1. The summed E-state index contributed by atoms with van der Waals surface area (Å²) in [5, 5.41) is 13.9. The van der Waals surface area contributed by atoms with Crippen LogP contribution in [0.25, 0.3) is 0 Å². The van der Waals surface area contributed by atoms with Gasteiger partial charge in [0.1, 0.15) is 12.6 Å². The molecule has 0 spiro atoms. The molecule has 7 nitrogen and oxygen atoms in total. The van der Waals surface area contributed by atoms with Crippen LogP contribution in [0.1, 0.15) is 24.8 Å². The molecule has 1 aromatic rings. The first-order chi connectivity index (χ1) is 11.5. The van der Waals surface area contributed by atoms with Crippen LogP contribution >= 0.6 is 0 Å². The Kier molecular flexibility index (Phi) is 8.67. The Labute approximate surface area is 140 Å². The number of aliphatic carboxylic acids is 1. The zero-order valence-corrected chi connectivity index (χ0v) is 13.4. The van der Waals surface area contributed by atoms with Crippen molar-refractivity contribution in [2.45, 2.75) is 31.9 Å². The van der Waals surface area contributed by atoms with Crippen molar-refractivity contribution < 1.29 is 24.2 Å². The van der Waals surface area contributed by atoms with Crippen LogP contribution in [0.2, 0.25) is 0 Å². The van der Waals surface area contributed by atoms with Gasteiger partial charge >= 0.3 is 12.1 Å². The van der Waals surface area contributed by atoms with E-state index in [4.69, 9.17) is 9.84 Å². The molecule has 0 saturated heterocycles. The van der Waals surface area contributed by atoms with Crippen molar-refractivity contribution >= 4 is 18.0 Å². The fraction of sp³-hybridized carbons (Fsp3) is 0.353. The lowest BCUT2D eigenvalue weighted by Gasteiger charge is -2.13. The molecular formula is C17H22N2O5. The molecule has 1 aromatic carbocycles. The van der Waals surface area contributed by atoms with Gasteiger partial charge in [0.15, 0.2) is 0 Å². The molecule has 0 unspecified atom stereocenters. The molecule has 0 aliphatic heterocycles. The molecule has 0 heterocycles. The van der Waals surface area contributed by atoms with Gasteiger partial charge in [0, 0.05) is 6.54 Å². The predicted octanol–water partition coefficient (Wildman–Crippen LogP) is 1.84. The molecule has 0 fully saturated rings. The number of alkyl carbamates (subject to hydrolysis) is 1. The van der Waals surface area contributed by atoms with Crippen molar-refractivity contribution in [1.82, 2.24) is 10.6 Å².